The molecule has 7 heteroatoms. The Balaban J connectivity index is 1.99. The summed E-state index contributed by atoms with van der Waals surface area (Å²) in [5.74, 6) is -0.881. The predicted molar refractivity (Wildman–Crippen MR) is 85.2 cm³/mol. The Labute approximate surface area is 141 Å². The van der Waals surface area contributed by atoms with Gasteiger partial charge >= 0.3 is 5.97 Å². The number of alkyl halides is 2. The minimum absolute atomic E-state index is 0.385. The van der Waals surface area contributed by atoms with Gasteiger partial charge < -0.3 is 4.74 Å². The van der Waals surface area contributed by atoms with Gasteiger partial charge in [0.2, 0.25) is 4.33 Å². The van der Waals surface area contributed by atoms with Crippen molar-refractivity contribution in [1.82, 2.24) is 0 Å². The third kappa shape index (κ3) is 1.62. The van der Waals surface area contributed by atoms with Gasteiger partial charge in [-0.05, 0) is 26.0 Å². The number of rotatable bonds is 0. The molecular weight excluding hydrogens is 345 g/mol. The number of β-lactam (4-membered cyclic amide) rings is 1. The van der Waals surface area contributed by atoms with Crippen LogP contribution in [0.2, 0.25) is 0 Å². The molecule has 0 saturated carbocycles. The second-order valence-electron chi connectivity index (χ2n) is 5.91. The molecule has 4 nitrogen and oxygen atoms in total. The van der Waals surface area contributed by atoms with Crippen LogP contribution in [0, 0.1) is 0 Å². The molecule has 0 radical (unpaired) electrons. The lowest BCUT2D eigenvalue weighted by Crippen LogP contribution is -2.70. The first-order valence-corrected chi connectivity index (χ1v) is 8.29. The number of fused-ring (bicyclic) bond motifs is 4. The number of benzene rings is 1. The fourth-order valence-electron chi connectivity index (χ4n) is 3.07. The molecule has 1 saturated heterocycles. The van der Waals surface area contributed by atoms with E-state index in [2.05, 4.69) is 0 Å². The minimum atomic E-state index is -1.64. The molecule has 1 amide bonds. The van der Waals surface area contributed by atoms with Crippen molar-refractivity contribution in [2.45, 2.75) is 34.7 Å². The SMILES string of the molecule is CC1(C)OC(=O)C2=C1Sc1ccccc1N1C(=O)C(Cl)(Cl)C21. The number of hydrogen-bond acceptors (Lipinski definition) is 4. The summed E-state index contributed by atoms with van der Waals surface area (Å²) >= 11 is 13.9. The van der Waals surface area contributed by atoms with E-state index in [1.807, 2.05) is 38.1 Å². The average molecular weight is 356 g/mol. The number of anilines is 1. The lowest BCUT2D eigenvalue weighted by molar-refractivity contribution is -0.144. The normalized spacial score (nSPS) is 27.5. The zero-order chi connectivity index (χ0) is 15.9. The zero-order valence-corrected chi connectivity index (χ0v) is 14.1. The molecule has 0 N–H and O–H groups in total. The predicted octanol–water partition coefficient (Wildman–Crippen LogP) is 3.27. The van der Waals surface area contributed by atoms with Gasteiger partial charge in [-0.15, -0.1) is 0 Å². The van der Waals surface area contributed by atoms with E-state index in [9.17, 15) is 9.59 Å². The lowest BCUT2D eigenvalue weighted by atomic mass is 9.90. The van der Waals surface area contributed by atoms with Crippen LogP contribution in [-0.4, -0.2) is 27.9 Å². The van der Waals surface area contributed by atoms with Gasteiger partial charge in [0.05, 0.1) is 11.3 Å². The Hall–Kier alpha value is -1.17. The van der Waals surface area contributed by atoms with E-state index in [1.54, 1.807) is 0 Å². The molecule has 1 aromatic carbocycles. The van der Waals surface area contributed by atoms with Crippen molar-refractivity contribution < 1.29 is 14.3 Å². The third-order valence-electron chi connectivity index (χ3n) is 4.08. The minimum Gasteiger partial charge on any atom is -0.451 e. The number of esters is 1. The summed E-state index contributed by atoms with van der Waals surface area (Å²) < 4.78 is 3.82. The molecule has 3 heterocycles. The Morgan fingerprint density at radius 3 is 2.64 bits per heavy atom. The summed E-state index contributed by atoms with van der Waals surface area (Å²) in [4.78, 5) is 27.9. The van der Waals surface area contributed by atoms with E-state index >= 15 is 0 Å². The van der Waals surface area contributed by atoms with E-state index in [0.29, 0.717) is 5.57 Å². The average Bonchev–Trinajstić information content (AvgIpc) is 2.61. The van der Waals surface area contributed by atoms with Crippen molar-refractivity contribution in [3.8, 4) is 0 Å². The summed E-state index contributed by atoms with van der Waals surface area (Å²) in [7, 11) is 0. The molecule has 114 valence electrons. The molecular formula is C15H11Cl2NO3S. The maximum Gasteiger partial charge on any atom is 0.338 e. The van der Waals surface area contributed by atoms with Crippen molar-refractivity contribution in [3.05, 3.63) is 34.7 Å². The second kappa shape index (κ2) is 4.22. The smallest absolute Gasteiger partial charge is 0.338 e. The van der Waals surface area contributed by atoms with E-state index in [4.69, 9.17) is 27.9 Å². The van der Waals surface area contributed by atoms with Gasteiger partial charge in [-0.1, -0.05) is 47.1 Å². The number of carbonyl (C=O) groups is 2. The van der Waals surface area contributed by atoms with Crippen LogP contribution in [0.25, 0.3) is 0 Å². The van der Waals surface area contributed by atoms with E-state index < -0.39 is 27.9 Å². The van der Waals surface area contributed by atoms with Crippen molar-refractivity contribution in [1.29, 1.82) is 0 Å². The maximum atomic E-state index is 12.4. The molecule has 3 aliphatic heterocycles. The van der Waals surface area contributed by atoms with Gasteiger partial charge in [0.1, 0.15) is 11.6 Å². The highest BCUT2D eigenvalue weighted by molar-refractivity contribution is 8.03. The zero-order valence-electron chi connectivity index (χ0n) is 11.7. The first-order valence-electron chi connectivity index (χ1n) is 6.71. The quantitative estimate of drug-likeness (QED) is 0.407. The molecule has 0 bridgehead atoms. The fraction of sp³-hybridized carbons (Fsp3) is 0.333. The topological polar surface area (TPSA) is 46.6 Å². The summed E-state index contributed by atoms with van der Waals surface area (Å²) in [5, 5.41) is 0. The number of carbonyl (C=O) groups excluding carboxylic acids is 2. The fourth-order valence-corrected chi connectivity index (χ4v) is 4.89. The number of halogens is 2. The monoisotopic (exact) mass is 355 g/mol. The first-order chi connectivity index (χ1) is 10.2. The Bertz CT molecular complexity index is 772. The highest BCUT2D eigenvalue weighted by Gasteiger charge is 2.66. The summed E-state index contributed by atoms with van der Waals surface area (Å²) in [5.41, 5.74) is 0.344. The highest BCUT2D eigenvalue weighted by atomic mass is 35.5. The van der Waals surface area contributed by atoms with Crippen LogP contribution in [0.4, 0.5) is 5.69 Å². The number of nitrogens with zero attached hydrogens (tertiary/aromatic N) is 1. The van der Waals surface area contributed by atoms with Crippen LogP contribution in [0.15, 0.2) is 39.6 Å². The first kappa shape index (κ1) is 14.4. The largest absolute Gasteiger partial charge is 0.451 e. The van der Waals surface area contributed by atoms with E-state index in [0.717, 1.165) is 15.5 Å². The van der Waals surface area contributed by atoms with Crippen molar-refractivity contribution in [2.24, 2.45) is 0 Å². The molecule has 1 unspecified atom stereocenters. The summed E-state index contributed by atoms with van der Waals surface area (Å²) in [6.07, 6.45) is 0. The number of hydrogen-bond donors (Lipinski definition) is 0. The molecule has 0 spiro atoms. The van der Waals surface area contributed by atoms with E-state index in [1.165, 1.54) is 16.7 Å². The van der Waals surface area contributed by atoms with Crippen molar-refractivity contribution >= 4 is 52.5 Å². The Morgan fingerprint density at radius 1 is 1.23 bits per heavy atom. The van der Waals surface area contributed by atoms with E-state index in [-0.39, 0.29) is 0 Å². The molecule has 3 aliphatic rings. The molecule has 1 aromatic rings. The van der Waals surface area contributed by atoms with Crippen LogP contribution in [-0.2, 0) is 14.3 Å². The van der Waals surface area contributed by atoms with Crippen LogP contribution in [0.5, 0.6) is 0 Å². The van der Waals surface area contributed by atoms with Gasteiger partial charge in [0.25, 0.3) is 5.91 Å². The van der Waals surface area contributed by atoms with Crippen molar-refractivity contribution in [2.75, 3.05) is 4.90 Å². The number of ether oxygens (including phenoxy) is 1. The Morgan fingerprint density at radius 2 is 1.91 bits per heavy atom. The Kier molecular flexibility index (Phi) is 2.77. The maximum absolute atomic E-state index is 12.4. The number of cyclic esters (lactones) is 1. The molecule has 0 aromatic heterocycles. The molecule has 22 heavy (non-hydrogen) atoms. The second-order valence-corrected chi connectivity index (χ2v) is 8.35. The number of para-hydroxylation sites is 1. The number of thioether (sulfide) groups is 1. The highest BCUT2D eigenvalue weighted by Crippen LogP contribution is 2.57. The van der Waals surface area contributed by atoms with Gasteiger partial charge in [0, 0.05) is 9.80 Å². The van der Waals surface area contributed by atoms with Gasteiger partial charge in [-0.25, -0.2) is 4.79 Å². The standard InChI is InChI=1S/C15H11Cl2NO3S/c1-14(2)11-9(12(19)21-14)10-15(16,17)13(20)18(10)7-5-3-4-6-8(7)22-11/h3-6,10H,1-2H3. The molecule has 1 fully saturated rings. The van der Waals surface area contributed by atoms with Crippen LogP contribution >= 0.6 is 35.0 Å². The van der Waals surface area contributed by atoms with Crippen LogP contribution in [0.1, 0.15) is 13.8 Å². The molecule has 1 atom stereocenters. The molecule has 0 aliphatic carbocycles. The third-order valence-corrected chi connectivity index (χ3v) is 6.29. The van der Waals surface area contributed by atoms with Crippen LogP contribution in [0.3, 0.4) is 0 Å². The van der Waals surface area contributed by atoms with Gasteiger partial charge in [-0.2, -0.15) is 0 Å². The van der Waals surface area contributed by atoms with Gasteiger partial charge in [-0.3, -0.25) is 9.69 Å². The van der Waals surface area contributed by atoms with Crippen molar-refractivity contribution in [3.63, 3.8) is 0 Å². The van der Waals surface area contributed by atoms with Gasteiger partial charge in [0.15, 0.2) is 0 Å². The number of amides is 1. The summed E-state index contributed by atoms with van der Waals surface area (Å²) in [6, 6.07) is 6.74. The van der Waals surface area contributed by atoms with Crippen LogP contribution < -0.4 is 4.90 Å². The molecule has 4 rings (SSSR count). The summed E-state index contributed by atoms with van der Waals surface area (Å²) in [6.45, 7) is 3.65. The lowest BCUT2D eigenvalue weighted by Gasteiger charge is -2.48.